The van der Waals surface area contributed by atoms with E-state index in [-0.39, 0.29) is 5.56 Å². The van der Waals surface area contributed by atoms with Crippen molar-refractivity contribution < 1.29 is 0 Å². The maximum absolute atomic E-state index is 11.6. The number of hydrogen-bond donors (Lipinski definition) is 2. The van der Waals surface area contributed by atoms with Crippen molar-refractivity contribution in [3.8, 4) is 0 Å². The Morgan fingerprint density at radius 3 is 2.94 bits per heavy atom. The predicted molar refractivity (Wildman–Crippen MR) is 68.3 cm³/mol. The molecular weight excluding hydrogens is 216 g/mol. The van der Waals surface area contributed by atoms with Crippen molar-refractivity contribution in [1.82, 2.24) is 9.97 Å². The number of rotatable bonds is 5. The first-order valence-electron chi connectivity index (χ1n) is 6.12. The van der Waals surface area contributed by atoms with Gasteiger partial charge >= 0.3 is 0 Å². The summed E-state index contributed by atoms with van der Waals surface area (Å²) in [6.07, 6.45) is 2.27. The van der Waals surface area contributed by atoms with E-state index in [0.29, 0.717) is 18.4 Å². The molecule has 1 atom stereocenters. The Hall–Kier alpha value is -1.36. The Balaban J connectivity index is 2.16. The van der Waals surface area contributed by atoms with Gasteiger partial charge in [0.05, 0.1) is 0 Å². The van der Waals surface area contributed by atoms with Gasteiger partial charge in [-0.2, -0.15) is 0 Å². The summed E-state index contributed by atoms with van der Waals surface area (Å²) in [5.41, 5.74) is 5.54. The molecule has 0 bridgehead atoms. The van der Waals surface area contributed by atoms with E-state index in [0.717, 1.165) is 31.0 Å². The van der Waals surface area contributed by atoms with Crippen LogP contribution in [0.1, 0.15) is 31.5 Å². The number of hydrogen-bond acceptors (Lipinski definition) is 4. The largest absolute Gasteiger partial charge is 0.359 e. The molecule has 1 heterocycles. The number of nitrogens with zero attached hydrogens (tertiary/aromatic N) is 2. The van der Waals surface area contributed by atoms with Crippen LogP contribution in [0.2, 0.25) is 0 Å². The lowest BCUT2D eigenvalue weighted by atomic mass is 10.2. The number of aromatic amines is 1. The molecule has 1 aromatic heterocycles. The van der Waals surface area contributed by atoms with Gasteiger partial charge in [0.2, 0.25) is 0 Å². The average Bonchev–Trinajstić information content (AvgIpc) is 3.11. The van der Waals surface area contributed by atoms with E-state index in [1.165, 1.54) is 0 Å². The van der Waals surface area contributed by atoms with E-state index in [2.05, 4.69) is 16.9 Å². The van der Waals surface area contributed by atoms with Crippen molar-refractivity contribution in [2.24, 2.45) is 11.7 Å². The first kappa shape index (κ1) is 12.1. The van der Waals surface area contributed by atoms with Gasteiger partial charge in [-0.15, -0.1) is 0 Å². The maximum atomic E-state index is 11.6. The highest BCUT2D eigenvalue weighted by Gasteiger charge is 2.26. The second-order valence-electron chi connectivity index (χ2n) is 4.98. The van der Waals surface area contributed by atoms with Crippen LogP contribution in [0.25, 0.3) is 0 Å². The van der Waals surface area contributed by atoms with Crippen LogP contribution in [0.3, 0.4) is 0 Å². The zero-order valence-corrected chi connectivity index (χ0v) is 10.4. The summed E-state index contributed by atoms with van der Waals surface area (Å²) in [4.78, 5) is 20.9. The Kier molecular flexibility index (Phi) is 3.47. The molecule has 94 valence electrons. The van der Waals surface area contributed by atoms with Crippen LogP contribution in [0, 0.1) is 5.92 Å². The molecule has 1 saturated carbocycles. The van der Waals surface area contributed by atoms with Gasteiger partial charge in [0.25, 0.3) is 5.56 Å². The average molecular weight is 236 g/mol. The molecule has 5 nitrogen and oxygen atoms in total. The molecule has 1 unspecified atom stereocenters. The molecule has 0 aromatic carbocycles. The van der Waals surface area contributed by atoms with Gasteiger partial charge in [0, 0.05) is 25.6 Å². The first-order chi connectivity index (χ1) is 8.10. The van der Waals surface area contributed by atoms with Crippen LogP contribution >= 0.6 is 0 Å². The van der Waals surface area contributed by atoms with Crippen LogP contribution in [0.15, 0.2) is 10.9 Å². The smallest absolute Gasteiger partial charge is 0.252 e. The third kappa shape index (κ3) is 3.06. The minimum atomic E-state index is -0.0656. The number of H-pyrrole nitrogens is 1. The van der Waals surface area contributed by atoms with Gasteiger partial charge in [0.15, 0.2) is 0 Å². The highest BCUT2D eigenvalue weighted by molar-refractivity contribution is 5.37. The van der Waals surface area contributed by atoms with Gasteiger partial charge in [0.1, 0.15) is 11.6 Å². The highest BCUT2D eigenvalue weighted by atomic mass is 16.1. The predicted octanol–water partition coefficient (Wildman–Crippen LogP) is 0.678. The molecule has 1 fully saturated rings. The number of anilines is 1. The number of nitrogens with two attached hydrogens (primary N) is 1. The third-order valence-corrected chi connectivity index (χ3v) is 3.09. The molecule has 3 N–H and O–H groups in total. The molecule has 17 heavy (non-hydrogen) atoms. The van der Waals surface area contributed by atoms with E-state index in [4.69, 9.17) is 5.73 Å². The van der Waals surface area contributed by atoms with Gasteiger partial charge in [-0.3, -0.25) is 4.79 Å². The van der Waals surface area contributed by atoms with Gasteiger partial charge in [-0.25, -0.2) is 4.98 Å². The molecule has 0 aliphatic heterocycles. The summed E-state index contributed by atoms with van der Waals surface area (Å²) in [5.74, 6) is 2.43. The minimum absolute atomic E-state index is 0.0656. The van der Waals surface area contributed by atoms with Gasteiger partial charge in [-0.1, -0.05) is 6.92 Å². The van der Waals surface area contributed by atoms with Crippen molar-refractivity contribution in [3.05, 3.63) is 22.2 Å². The monoisotopic (exact) mass is 236 g/mol. The molecule has 1 aliphatic rings. The summed E-state index contributed by atoms with van der Waals surface area (Å²) >= 11 is 0. The second kappa shape index (κ2) is 4.87. The topological polar surface area (TPSA) is 75.0 Å². The summed E-state index contributed by atoms with van der Waals surface area (Å²) in [6, 6.07) is 1.55. The van der Waals surface area contributed by atoms with Crippen LogP contribution in [0.5, 0.6) is 0 Å². The fourth-order valence-electron chi connectivity index (χ4n) is 1.84. The van der Waals surface area contributed by atoms with E-state index in [1.54, 1.807) is 6.07 Å². The molecule has 2 rings (SSSR count). The molecule has 1 aliphatic carbocycles. The fourth-order valence-corrected chi connectivity index (χ4v) is 1.84. The van der Waals surface area contributed by atoms with Crippen LogP contribution in [0.4, 0.5) is 5.82 Å². The number of aromatic nitrogens is 2. The van der Waals surface area contributed by atoms with Gasteiger partial charge in [-0.05, 0) is 25.3 Å². The van der Waals surface area contributed by atoms with E-state index in [1.807, 2.05) is 11.9 Å². The van der Waals surface area contributed by atoms with E-state index >= 15 is 0 Å². The maximum Gasteiger partial charge on any atom is 0.252 e. The minimum Gasteiger partial charge on any atom is -0.359 e. The van der Waals surface area contributed by atoms with Gasteiger partial charge < -0.3 is 15.6 Å². The third-order valence-electron chi connectivity index (χ3n) is 3.09. The van der Waals surface area contributed by atoms with Crippen molar-refractivity contribution in [1.29, 1.82) is 0 Å². The van der Waals surface area contributed by atoms with Crippen LogP contribution in [-0.4, -0.2) is 30.1 Å². The molecule has 0 radical (unpaired) electrons. The lowest BCUT2D eigenvalue weighted by Gasteiger charge is -2.21. The Labute approximate surface area is 101 Å². The fraction of sp³-hybridized carbons (Fsp3) is 0.667. The molecule has 5 heteroatoms. The van der Waals surface area contributed by atoms with Crippen molar-refractivity contribution in [2.75, 3.05) is 25.0 Å². The molecule has 0 saturated heterocycles. The first-order valence-corrected chi connectivity index (χ1v) is 6.12. The highest BCUT2D eigenvalue weighted by Crippen LogP contribution is 2.37. The molecule has 0 amide bonds. The lowest BCUT2D eigenvalue weighted by Crippen LogP contribution is -2.30. The summed E-state index contributed by atoms with van der Waals surface area (Å²) in [7, 11) is 1.95. The quantitative estimate of drug-likeness (QED) is 0.788. The molecule has 1 aromatic rings. The summed E-state index contributed by atoms with van der Waals surface area (Å²) < 4.78 is 0. The lowest BCUT2D eigenvalue weighted by molar-refractivity contribution is 0.586. The van der Waals surface area contributed by atoms with Crippen LogP contribution < -0.4 is 16.2 Å². The molecule has 0 spiro atoms. The van der Waals surface area contributed by atoms with E-state index < -0.39 is 0 Å². The second-order valence-corrected chi connectivity index (χ2v) is 4.98. The van der Waals surface area contributed by atoms with Crippen LogP contribution in [-0.2, 0) is 0 Å². The SMILES string of the molecule is CC(CN)CN(C)c1cc(=O)[nH]c(C2CC2)n1. The zero-order chi connectivity index (χ0) is 12.4. The van der Waals surface area contributed by atoms with Crippen molar-refractivity contribution in [3.63, 3.8) is 0 Å². The molecular formula is C12H20N4O. The summed E-state index contributed by atoms with van der Waals surface area (Å²) in [6.45, 7) is 3.55. The normalized spacial score (nSPS) is 16.9. The standard InChI is InChI=1S/C12H20N4O/c1-8(6-13)7-16(2)10-5-11(17)15-12(14-10)9-3-4-9/h5,8-9H,3-4,6-7,13H2,1-2H3,(H,14,15,17). The van der Waals surface area contributed by atoms with Crippen molar-refractivity contribution >= 4 is 5.82 Å². The zero-order valence-electron chi connectivity index (χ0n) is 10.4. The Morgan fingerprint density at radius 2 is 2.35 bits per heavy atom. The summed E-state index contributed by atoms with van der Waals surface area (Å²) in [5, 5.41) is 0. The Morgan fingerprint density at radius 1 is 1.65 bits per heavy atom. The Bertz CT molecular complexity index is 438. The van der Waals surface area contributed by atoms with Crippen molar-refractivity contribution in [2.45, 2.75) is 25.7 Å². The van der Waals surface area contributed by atoms with E-state index in [9.17, 15) is 4.79 Å². The number of nitrogens with one attached hydrogen (secondary N) is 1.